The lowest BCUT2D eigenvalue weighted by Gasteiger charge is -2.32. The molecule has 0 radical (unpaired) electrons. The highest BCUT2D eigenvalue weighted by molar-refractivity contribution is 5.87. The van der Waals surface area contributed by atoms with E-state index in [1.54, 1.807) is 6.33 Å². The minimum Gasteiger partial charge on any atom is -0.351 e. The van der Waals surface area contributed by atoms with Crippen molar-refractivity contribution in [2.24, 2.45) is 0 Å². The van der Waals surface area contributed by atoms with Crippen molar-refractivity contribution in [3.8, 4) is 0 Å². The fourth-order valence-corrected chi connectivity index (χ4v) is 4.93. The van der Waals surface area contributed by atoms with Gasteiger partial charge in [0.05, 0.1) is 6.33 Å². The number of H-pyrrole nitrogens is 1. The fraction of sp³-hybridized carbons (Fsp3) is 0.370. The smallest absolute Gasteiger partial charge is 0.227 e. The van der Waals surface area contributed by atoms with Crippen molar-refractivity contribution in [1.29, 1.82) is 0 Å². The maximum Gasteiger partial charge on any atom is 0.227 e. The zero-order valence-corrected chi connectivity index (χ0v) is 20.4. The summed E-state index contributed by atoms with van der Waals surface area (Å²) in [5.41, 5.74) is 8.99. The molecule has 0 bridgehead atoms. The first-order chi connectivity index (χ1) is 16.5. The highest BCUT2D eigenvalue weighted by Gasteiger charge is 2.21. The van der Waals surface area contributed by atoms with Crippen LogP contribution in [0.4, 0.5) is 17.5 Å². The van der Waals surface area contributed by atoms with Crippen molar-refractivity contribution in [3.05, 3.63) is 70.5 Å². The number of aryl methyl sites for hydroxylation is 4. The summed E-state index contributed by atoms with van der Waals surface area (Å²) in [6.45, 7) is 11.7. The number of nitrogens with zero attached hydrogens (tertiary/aromatic N) is 4. The molecule has 34 heavy (non-hydrogen) atoms. The first-order valence-electron chi connectivity index (χ1n) is 12.1. The molecule has 2 aromatic carbocycles. The number of aromatic nitrogens is 4. The summed E-state index contributed by atoms with van der Waals surface area (Å²) >= 11 is 0. The van der Waals surface area contributed by atoms with Gasteiger partial charge in [0, 0.05) is 31.4 Å². The molecule has 0 atom stereocenters. The molecular formula is C27H33N7. The van der Waals surface area contributed by atoms with E-state index in [0.29, 0.717) is 17.6 Å². The van der Waals surface area contributed by atoms with Crippen LogP contribution in [0.15, 0.2) is 42.7 Å². The van der Waals surface area contributed by atoms with E-state index in [9.17, 15) is 0 Å². The minimum absolute atomic E-state index is 0.347. The van der Waals surface area contributed by atoms with E-state index in [0.717, 1.165) is 49.5 Å². The van der Waals surface area contributed by atoms with Gasteiger partial charge in [0.2, 0.25) is 5.95 Å². The number of rotatable bonds is 6. The third-order valence-electron chi connectivity index (χ3n) is 6.78. The molecule has 0 aliphatic carbocycles. The lowest BCUT2D eigenvalue weighted by atomic mass is 10.0. The van der Waals surface area contributed by atoms with Crippen LogP contribution in [0.25, 0.3) is 11.2 Å². The average molecular weight is 456 g/mol. The van der Waals surface area contributed by atoms with Gasteiger partial charge < -0.3 is 15.6 Å². The second kappa shape index (κ2) is 9.43. The van der Waals surface area contributed by atoms with E-state index < -0.39 is 0 Å². The van der Waals surface area contributed by atoms with Gasteiger partial charge in [0.15, 0.2) is 11.5 Å². The molecule has 0 unspecified atom stereocenters. The summed E-state index contributed by atoms with van der Waals surface area (Å²) in [4.78, 5) is 19.6. The zero-order valence-electron chi connectivity index (χ0n) is 20.4. The maximum absolute atomic E-state index is 4.85. The van der Waals surface area contributed by atoms with Crippen LogP contribution >= 0.6 is 0 Å². The standard InChI is InChI=1S/C27H33N7/c1-17-13-19(3)23(20(4)14-17)31-26-24-25(29-16-28-24)32-27(33-26)30-22-9-11-34(12-10-22)15-21-8-6-5-7-18(21)2/h5-8,13-14,16,22H,9-12,15H2,1-4H3,(H3,28,29,30,31,32,33). The molecule has 1 saturated heterocycles. The van der Waals surface area contributed by atoms with Crippen LogP contribution in [0.3, 0.4) is 0 Å². The lowest BCUT2D eigenvalue weighted by Crippen LogP contribution is -2.39. The summed E-state index contributed by atoms with van der Waals surface area (Å²) in [7, 11) is 0. The van der Waals surface area contributed by atoms with Crippen LogP contribution < -0.4 is 10.6 Å². The van der Waals surface area contributed by atoms with Gasteiger partial charge in [0.25, 0.3) is 0 Å². The Kier molecular flexibility index (Phi) is 6.20. The van der Waals surface area contributed by atoms with Crippen LogP contribution in [-0.2, 0) is 6.54 Å². The molecule has 3 N–H and O–H groups in total. The summed E-state index contributed by atoms with van der Waals surface area (Å²) < 4.78 is 0. The predicted molar refractivity (Wildman–Crippen MR) is 139 cm³/mol. The Bertz CT molecular complexity index is 1280. The third-order valence-corrected chi connectivity index (χ3v) is 6.78. The summed E-state index contributed by atoms with van der Waals surface area (Å²) in [6.07, 6.45) is 3.80. The molecule has 0 spiro atoms. The van der Waals surface area contributed by atoms with Crippen molar-refractivity contribution in [2.75, 3.05) is 23.7 Å². The Labute approximate surface area is 201 Å². The van der Waals surface area contributed by atoms with E-state index in [1.807, 2.05) is 0 Å². The van der Waals surface area contributed by atoms with Crippen LogP contribution in [-0.4, -0.2) is 44.0 Å². The second-order valence-electron chi connectivity index (χ2n) is 9.52. The number of likely N-dealkylation sites (tertiary alicyclic amines) is 1. The molecule has 1 fully saturated rings. The molecule has 5 rings (SSSR count). The number of fused-ring (bicyclic) bond motifs is 1. The fourth-order valence-electron chi connectivity index (χ4n) is 4.93. The Morgan fingerprint density at radius 3 is 2.44 bits per heavy atom. The highest BCUT2D eigenvalue weighted by atomic mass is 15.2. The van der Waals surface area contributed by atoms with E-state index in [4.69, 9.17) is 4.98 Å². The number of nitrogens with one attached hydrogen (secondary N) is 3. The lowest BCUT2D eigenvalue weighted by molar-refractivity contribution is 0.210. The maximum atomic E-state index is 4.85. The van der Waals surface area contributed by atoms with E-state index in [2.05, 4.69) is 94.6 Å². The van der Waals surface area contributed by atoms with Gasteiger partial charge in [-0.1, -0.05) is 42.0 Å². The number of benzene rings is 2. The quantitative estimate of drug-likeness (QED) is 0.361. The Morgan fingerprint density at radius 2 is 1.71 bits per heavy atom. The molecule has 7 heteroatoms. The van der Waals surface area contributed by atoms with Crippen LogP contribution in [0.5, 0.6) is 0 Å². The Hall–Kier alpha value is -3.45. The van der Waals surface area contributed by atoms with Crippen molar-refractivity contribution in [2.45, 2.75) is 53.1 Å². The third kappa shape index (κ3) is 4.75. The molecule has 1 aliphatic rings. The van der Waals surface area contributed by atoms with Crippen LogP contribution in [0.1, 0.15) is 40.7 Å². The van der Waals surface area contributed by atoms with Crippen molar-refractivity contribution >= 4 is 28.6 Å². The van der Waals surface area contributed by atoms with E-state index in [1.165, 1.54) is 27.8 Å². The van der Waals surface area contributed by atoms with Crippen molar-refractivity contribution in [3.63, 3.8) is 0 Å². The molecule has 1 aliphatic heterocycles. The number of hydrogen-bond donors (Lipinski definition) is 3. The first-order valence-corrected chi connectivity index (χ1v) is 12.1. The largest absolute Gasteiger partial charge is 0.351 e. The number of piperidine rings is 1. The van der Waals surface area contributed by atoms with Gasteiger partial charge in [-0.25, -0.2) is 4.98 Å². The summed E-state index contributed by atoms with van der Waals surface area (Å²) in [5, 5.41) is 7.12. The molecule has 0 amide bonds. The van der Waals surface area contributed by atoms with Gasteiger partial charge >= 0.3 is 0 Å². The molecule has 3 heterocycles. The normalized spacial score (nSPS) is 15.1. The highest BCUT2D eigenvalue weighted by Crippen LogP contribution is 2.29. The summed E-state index contributed by atoms with van der Waals surface area (Å²) in [5.74, 6) is 1.37. The van der Waals surface area contributed by atoms with Crippen molar-refractivity contribution < 1.29 is 0 Å². The van der Waals surface area contributed by atoms with Gasteiger partial charge in [-0.15, -0.1) is 0 Å². The molecule has 176 valence electrons. The molecule has 7 nitrogen and oxygen atoms in total. The monoisotopic (exact) mass is 455 g/mol. The molecule has 4 aromatic rings. The number of aromatic amines is 1. The van der Waals surface area contributed by atoms with E-state index in [-0.39, 0.29) is 0 Å². The van der Waals surface area contributed by atoms with E-state index >= 15 is 0 Å². The average Bonchev–Trinajstić information content (AvgIpc) is 3.28. The van der Waals surface area contributed by atoms with Gasteiger partial charge in [-0.05, 0) is 62.8 Å². The molecule has 2 aromatic heterocycles. The van der Waals surface area contributed by atoms with Gasteiger partial charge in [-0.2, -0.15) is 9.97 Å². The number of hydrogen-bond acceptors (Lipinski definition) is 6. The van der Waals surface area contributed by atoms with Gasteiger partial charge in [-0.3, -0.25) is 4.90 Å². The van der Waals surface area contributed by atoms with Crippen LogP contribution in [0.2, 0.25) is 0 Å². The molecule has 0 saturated carbocycles. The first kappa shape index (κ1) is 22.3. The topological polar surface area (TPSA) is 81.8 Å². The van der Waals surface area contributed by atoms with Gasteiger partial charge in [0.1, 0.15) is 5.52 Å². The SMILES string of the molecule is Cc1cc(C)c(Nc2nc(NC3CCN(Cc4ccccc4C)CC3)nc3nc[nH]c23)c(C)c1. The predicted octanol–water partition coefficient (Wildman–Crippen LogP) is 5.41. The Balaban J connectivity index is 1.29. The van der Waals surface area contributed by atoms with Crippen molar-refractivity contribution in [1.82, 2.24) is 24.8 Å². The van der Waals surface area contributed by atoms with Crippen LogP contribution in [0, 0.1) is 27.7 Å². The number of imidazole rings is 1. The summed E-state index contributed by atoms with van der Waals surface area (Å²) in [6, 6.07) is 13.4. The minimum atomic E-state index is 0.347. The Morgan fingerprint density at radius 1 is 0.971 bits per heavy atom. The zero-order chi connectivity index (χ0) is 23.7. The molecular weight excluding hydrogens is 422 g/mol. The second-order valence-corrected chi connectivity index (χ2v) is 9.52. The number of anilines is 3.